The normalized spacial score (nSPS) is 17.9. The quantitative estimate of drug-likeness (QED) is 0.171. The zero-order chi connectivity index (χ0) is 36.9. The lowest BCUT2D eigenvalue weighted by atomic mass is 9.90. The lowest BCUT2D eigenvalue weighted by Crippen LogP contribution is -2.41. The van der Waals surface area contributed by atoms with E-state index in [1.54, 1.807) is 18.3 Å². The first-order valence-corrected chi connectivity index (χ1v) is 18.3. The maximum absolute atomic E-state index is 13.0. The van der Waals surface area contributed by atoms with E-state index in [2.05, 4.69) is 43.0 Å². The van der Waals surface area contributed by atoms with E-state index in [9.17, 15) is 25.1 Å². The number of hydrogen-bond donors (Lipinski definition) is 2. The Morgan fingerprint density at radius 3 is 2.42 bits per heavy atom. The number of hydrogen-bond acceptors (Lipinski definition) is 10. The van der Waals surface area contributed by atoms with Gasteiger partial charge in [-0.1, -0.05) is 30.3 Å². The van der Waals surface area contributed by atoms with Crippen LogP contribution in [0.3, 0.4) is 0 Å². The molecule has 2 aromatic heterocycles. The van der Waals surface area contributed by atoms with Gasteiger partial charge < -0.3 is 19.5 Å². The zero-order valence-corrected chi connectivity index (χ0v) is 30.9. The number of benzene rings is 3. The third-order valence-corrected chi connectivity index (χ3v) is 11.9. The van der Waals surface area contributed by atoms with Crippen LogP contribution in [0.4, 0.5) is 0 Å². The van der Waals surface area contributed by atoms with Crippen LogP contribution in [0.1, 0.15) is 53.1 Å². The fourth-order valence-electron chi connectivity index (χ4n) is 7.26. The van der Waals surface area contributed by atoms with Gasteiger partial charge in [-0.25, -0.2) is 9.97 Å². The van der Waals surface area contributed by atoms with Gasteiger partial charge in [0, 0.05) is 35.1 Å². The topological polar surface area (TPSA) is 147 Å². The van der Waals surface area contributed by atoms with Gasteiger partial charge in [0.05, 0.1) is 42.9 Å². The largest absolute Gasteiger partial charge is 0.481 e. The Kier molecular flexibility index (Phi) is 9.48. The number of aliphatic hydroxyl groups excluding tert-OH is 1. The molecule has 1 fully saturated rings. The van der Waals surface area contributed by atoms with Crippen LogP contribution in [-0.4, -0.2) is 86.1 Å². The molecule has 2 atom stereocenters. The number of nitriles is 1. The third-order valence-electron chi connectivity index (χ3n) is 10.8. The van der Waals surface area contributed by atoms with E-state index >= 15 is 0 Å². The van der Waals surface area contributed by atoms with E-state index in [1.807, 2.05) is 54.1 Å². The van der Waals surface area contributed by atoms with Crippen LogP contribution in [0.5, 0.6) is 0 Å². The van der Waals surface area contributed by atoms with Crippen molar-refractivity contribution in [1.82, 2.24) is 24.7 Å². The van der Waals surface area contributed by atoms with E-state index in [4.69, 9.17) is 14.4 Å². The molecule has 1 amide bonds. The first kappa shape index (κ1) is 35.5. The van der Waals surface area contributed by atoms with Crippen LogP contribution in [0.15, 0.2) is 52.9 Å². The minimum absolute atomic E-state index is 0.00361. The maximum atomic E-state index is 13.0. The van der Waals surface area contributed by atoms with Crippen LogP contribution in [0.25, 0.3) is 44.3 Å². The number of aliphatic carboxylic acids is 1. The summed E-state index contributed by atoms with van der Waals surface area (Å²) in [6.45, 7) is 10.8. The molecule has 268 valence electrons. The van der Waals surface area contributed by atoms with Crippen molar-refractivity contribution in [2.45, 2.75) is 59.8 Å². The van der Waals surface area contributed by atoms with Crippen LogP contribution < -0.4 is 0 Å². The highest BCUT2D eigenvalue weighted by Crippen LogP contribution is 2.40. The number of amides is 1. The number of nitrogens with zero attached hydrogens (tertiary/aromatic N) is 6. The van der Waals surface area contributed by atoms with Gasteiger partial charge in [0.2, 0.25) is 11.8 Å². The van der Waals surface area contributed by atoms with Gasteiger partial charge in [-0.05, 0) is 93.7 Å². The molecule has 7 rings (SSSR count). The predicted molar refractivity (Wildman–Crippen MR) is 199 cm³/mol. The van der Waals surface area contributed by atoms with Crippen molar-refractivity contribution in [3.05, 3.63) is 81.4 Å². The van der Waals surface area contributed by atoms with E-state index in [-0.39, 0.29) is 25.1 Å². The van der Waals surface area contributed by atoms with E-state index in [0.717, 1.165) is 54.5 Å². The van der Waals surface area contributed by atoms with Crippen molar-refractivity contribution in [1.29, 1.82) is 5.26 Å². The average Bonchev–Trinajstić information content (AvgIpc) is 3.91. The van der Waals surface area contributed by atoms with Gasteiger partial charge in [0.25, 0.3) is 0 Å². The molecule has 2 aliphatic rings. The van der Waals surface area contributed by atoms with E-state index < -0.39 is 11.4 Å². The fourth-order valence-corrected chi connectivity index (χ4v) is 8.43. The van der Waals surface area contributed by atoms with Gasteiger partial charge in [0.1, 0.15) is 16.6 Å². The summed E-state index contributed by atoms with van der Waals surface area (Å²) in [5.41, 5.74) is 8.56. The lowest BCUT2D eigenvalue weighted by molar-refractivity contribution is -0.147. The van der Waals surface area contributed by atoms with Gasteiger partial charge in [-0.15, -0.1) is 11.3 Å². The highest BCUT2D eigenvalue weighted by molar-refractivity contribution is 7.15. The Labute approximate surface area is 306 Å². The summed E-state index contributed by atoms with van der Waals surface area (Å²) in [5, 5.41) is 30.0. The monoisotopic (exact) mass is 718 g/mol. The number of thiazole rings is 1. The first-order chi connectivity index (χ1) is 24.9. The molecule has 0 aliphatic carbocycles. The SMILES string of the molecule is Cc1c(-c2nc3cc(CN4CC[C@@](C)(C(=O)O)C4)cc(C#N)c3o2)cccc1-c1cccc(-c2nc3c(s2)CN(C(=O)CN(C)C(C)CO)C3)c1C. The number of aliphatic hydroxyl groups is 1. The number of likely N-dealkylation sites (tertiary alicyclic amines) is 1. The van der Waals surface area contributed by atoms with E-state index in [0.29, 0.717) is 61.7 Å². The first-order valence-electron chi connectivity index (χ1n) is 17.5. The second-order valence-electron chi connectivity index (χ2n) is 14.5. The van der Waals surface area contributed by atoms with Crippen molar-refractivity contribution in [3.8, 4) is 39.2 Å². The Morgan fingerprint density at radius 1 is 1.08 bits per heavy atom. The highest BCUT2D eigenvalue weighted by Gasteiger charge is 2.40. The number of carbonyl (C=O) groups is 2. The van der Waals surface area contributed by atoms with Crippen molar-refractivity contribution in [2.75, 3.05) is 33.3 Å². The molecule has 12 heteroatoms. The Morgan fingerprint density at radius 2 is 1.77 bits per heavy atom. The molecule has 0 radical (unpaired) electrons. The number of oxazole rings is 1. The molecule has 1 unspecified atom stereocenters. The molecule has 0 saturated carbocycles. The Balaban J connectivity index is 1.13. The number of carbonyl (C=O) groups excluding carboxylic acids is 1. The molecule has 4 heterocycles. The molecule has 5 aromatic rings. The van der Waals surface area contributed by atoms with Crippen molar-refractivity contribution >= 4 is 34.3 Å². The zero-order valence-electron chi connectivity index (χ0n) is 30.1. The van der Waals surface area contributed by atoms with Crippen LogP contribution in [0, 0.1) is 30.6 Å². The Bertz CT molecular complexity index is 2230. The minimum atomic E-state index is -0.786. The van der Waals surface area contributed by atoms with Crippen LogP contribution in [0.2, 0.25) is 0 Å². The molecule has 1 saturated heterocycles. The Hall–Kier alpha value is -4.93. The summed E-state index contributed by atoms with van der Waals surface area (Å²) in [6.07, 6.45) is 0.583. The van der Waals surface area contributed by atoms with Crippen molar-refractivity contribution in [2.24, 2.45) is 5.41 Å². The summed E-state index contributed by atoms with van der Waals surface area (Å²) < 4.78 is 6.28. The lowest BCUT2D eigenvalue weighted by Gasteiger charge is -2.25. The van der Waals surface area contributed by atoms with Crippen LogP contribution >= 0.6 is 11.3 Å². The molecule has 0 bridgehead atoms. The molecule has 3 aromatic carbocycles. The molecule has 11 nitrogen and oxygen atoms in total. The average molecular weight is 719 g/mol. The standard InChI is InChI=1S/C40H42N6O5S/c1-23(21-47)44(5)20-35(48)46-18-33-34(19-46)52-38(43-33)31-11-7-9-29(25(31)3)28-8-6-10-30(24(28)2)37-42-32-15-26(14-27(16-41)36(32)51-37)17-45-13-12-40(4,22-45)39(49)50/h6-11,14-15,23,47H,12-13,17-22H2,1-5H3,(H,49,50)/t23?,40-/m1/s1. The molecule has 2 N–H and O–H groups in total. The third kappa shape index (κ3) is 6.50. The number of rotatable bonds is 10. The smallest absolute Gasteiger partial charge is 0.310 e. The number of carboxylic acids is 1. The van der Waals surface area contributed by atoms with Gasteiger partial charge in [-0.3, -0.25) is 19.4 Å². The van der Waals surface area contributed by atoms with Gasteiger partial charge in [0.15, 0.2) is 5.58 Å². The van der Waals surface area contributed by atoms with Crippen molar-refractivity contribution < 1.29 is 24.2 Å². The highest BCUT2D eigenvalue weighted by atomic mass is 32.1. The molecule has 2 aliphatic heterocycles. The van der Waals surface area contributed by atoms with E-state index in [1.165, 1.54) is 0 Å². The number of aromatic nitrogens is 2. The van der Waals surface area contributed by atoms with Crippen LogP contribution in [-0.2, 0) is 29.2 Å². The second-order valence-corrected chi connectivity index (χ2v) is 15.6. The van der Waals surface area contributed by atoms with Gasteiger partial charge in [-0.2, -0.15) is 5.26 Å². The predicted octanol–water partition coefficient (Wildman–Crippen LogP) is 6.23. The number of fused-ring (bicyclic) bond motifs is 2. The summed E-state index contributed by atoms with van der Waals surface area (Å²) in [5.74, 6) is -0.325. The molecule has 0 spiro atoms. The fraction of sp³-hybridized carbons (Fsp3) is 0.375. The summed E-state index contributed by atoms with van der Waals surface area (Å²) >= 11 is 1.63. The summed E-state index contributed by atoms with van der Waals surface area (Å²) in [7, 11) is 1.85. The van der Waals surface area contributed by atoms with Crippen molar-refractivity contribution in [3.63, 3.8) is 0 Å². The number of likely N-dealkylation sites (N-methyl/N-ethyl adjacent to an activating group) is 1. The maximum Gasteiger partial charge on any atom is 0.310 e. The summed E-state index contributed by atoms with van der Waals surface area (Å²) in [6, 6.07) is 18.2. The molecular formula is C40H42N6O5S. The molecular weight excluding hydrogens is 677 g/mol. The second kappa shape index (κ2) is 13.9. The molecule has 52 heavy (non-hydrogen) atoms. The summed E-state index contributed by atoms with van der Waals surface area (Å²) in [4.78, 5) is 41.5. The minimum Gasteiger partial charge on any atom is -0.481 e. The van der Waals surface area contributed by atoms with Gasteiger partial charge >= 0.3 is 5.97 Å². The number of carboxylic acid groups (broad SMARTS) is 1.